The summed E-state index contributed by atoms with van der Waals surface area (Å²) in [5, 5.41) is 20.0. The van der Waals surface area contributed by atoms with Crippen LogP contribution in [0.5, 0.6) is 0 Å². The molecule has 0 saturated heterocycles. The minimum absolute atomic E-state index is 0.0205. The molecule has 0 spiro atoms. The van der Waals surface area contributed by atoms with Gasteiger partial charge in [0.15, 0.2) is 12.5 Å². The van der Waals surface area contributed by atoms with Crippen molar-refractivity contribution in [2.45, 2.75) is 51.5 Å². The molecule has 3 aromatic heterocycles. The van der Waals surface area contributed by atoms with Gasteiger partial charge >= 0.3 is 7.82 Å². The lowest BCUT2D eigenvalue weighted by molar-refractivity contribution is 0.0314. The van der Waals surface area contributed by atoms with Crippen LogP contribution in [0.4, 0.5) is 8.78 Å². The Morgan fingerprint density at radius 2 is 2.02 bits per heavy atom. The highest BCUT2D eigenvalue weighted by molar-refractivity contribution is 7.46. The lowest BCUT2D eigenvalue weighted by Crippen LogP contribution is -2.35. The highest BCUT2D eigenvalue weighted by atomic mass is 32.1. The van der Waals surface area contributed by atoms with Crippen LogP contribution in [0.3, 0.4) is 0 Å². The monoisotopic (exact) mass is 611 g/mol. The summed E-state index contributed by atoms with van der Waals surface area (Å²) in [6, 6.07) is 1.71. The summed E-state index contributed by atoms with van der Waals surface area (Å²) in [5.74, 6) is -2.61. The first-order valence-electron chi connectivity index (χ1n) is 12.5. The van der Waals surface area contributed by atoms with Crippen molar-refractivity contribution in [3.05, 3.63) is 65.0 Å². The predicted octanol–water partition coefficient (Wildman–Crippen LogP) is 3.32. The molecule has 3 heterocycles. The molecule has 3 aromatic rings. The van der Waals surface area contributed by atoms with E-state index in [2.05, 4.69) is 30.2 Å². The van der Waals surface area contributed by atoms with E-state index in [-0.39, 0.29) is 23.5 Å². The summed E-state index contributed by atoms with van der Waals surface area (Å²) in [5.41, 5.74) is -0.791. The van der Waals surface area contributed by atoms with E-state index in [0.29, 0.717) is 17.2 Å². The fourth-order valence-electron chi connectivity index (χ4n) is 4.10. The van der Waals surface area contributed by atoms with Crippen LogP contribution >= 0.6 is 19.2 Å². The number of phosphoric acid groups is 1. The Balaban J connectivity index is 1.49. The van der Waals surface area contributed by atoms with Gasteiger partial charge in [-0.3, -0.25) is 14.7 Å². The number of hydrogen-bond donors (Lipinski definition) is 5. The van der Waals surface area contributed by atoms with Crippen molar-refractivity contribution in [2.24, 2.45) is 0 Å². The van der Waals surface area contributed by atoms with Crippen molar-refractivity contribution >= 4 is 30.8 Å². The van der Waals surface area contributed by atoms with Crippen molar-refractivity contribution in [2.75, 3.05) is 6.61 Å². The molecule has 1 amide bonds. The number of halogens is 2. The zero-order valence-corrected chi connectivity index (χ0v) is 23.5. The minimum Gasteiger partial charge on any atom is -0.386 e. The normalized spacial score (nSPS) is 17.8. The fraction of sp³-hybridized carbons (Fsp3) is 0.375. The minimum atomic E-state index is -4.68. The zero-order valence-electron chi connectivity index (χ0n) is 21.8. The van der Waals surface area contributed by atoms with Gasteiger partial charge in [-0.2, -0.15) is 9.49 Å². The Morgan fingerprint density at radius 3 is 2.73 bits per heavy atom. The molecule has 0 unspecified atom stereocenters. The SMILES string of the molecule is CCO[C@H]1CC[C@H](N/C=C(/NC(=O)c2csc(-c3cnn(COP(=O)(O)O)c3)n2)C(=N)c2nc(F)ccc2F)CC1. The second kappa shape index (κ2) is 13.5. The lowest BCUT2D eigenvalue weighted by Gasteiger charge is -2.28. The summed E-state index contributed by atoms with van der Waals surface area (Å²) in [6.07, 6.45) is 7.61. The van der Waals surface area contributed by atoms with Gasteiger partial charge in [0, 0.05) is 36.0 Å². The zero-order chi connectivity index (χ0) is 29.6. The molecular formula is C24H28F2N7O6PS. The first-order chi connectivity index (χ1) is 19.5. The van der Waals surface area contributed by atoms with Crippen LogP contribution in [0.2, 0.25) is 0 Å². The summed E-state index contributed by atoms with van der Waals surface area (Å²) < 4.78 is 50.3. The molecule has 0 aliphatic heterocycles. The van der Waals surface area contributed by atoms with Gasteiger partial charge in [0.25, 0.3) is 5.91 Å². The molecule has 0 bridgehead atoms. The number of allylic oxidation sites excluding steroid dienone is 1. The number of rotatable bonds is 12. The van der Waals surface area contributed by atoms with E-state index in [1.165, 1.54) is 24.0 Å². The molecule has 13 nitrogen and oxygen atoms in total. The maximum Gasteiger partial charge on any atom is 0.471 e. The third-order valence-electron chi connectivity index (χ3n) is 6.08. The van der Waals surface area contributed by atoms with E-state index in [1.807, 2.05) is 6.92 Å². The Hall–Kier alpha value is -3.40. The Labute approximate surface area is 237 Å². The van der Waals surface area contributed by atoms with Crippen molar-refractivity contribution in [1.82, 2.24) is 30.4 Å². The van der Waals surface area contributed by atoms with Crippen molar-refractivity contribution in [1.29, 1.82) is 5.41 Å². The fourth-order valence-corrected chi connectivity index (χ4v) is 5.15. The molecule has 0 atom stereocenters. The Kier molecular flexibility index (Phi) is 10.1. The number of ether oxygens (including phenoxy) is 1. The summed E-state index contributed by atoms with van der Waals surface area (Å²) in [4.78, 5) is 38.6. The molecule has 1 saturated carbocycles. The van der Waals surface area contributed by atoms with Gasteiger partial charge in [-0.05, 0) is 44.7 Å². The Bertz CT molecular complexity index is 1470. The van der Waals surface area contributed by atoms with E-state index in [4.69, 9.17) is 19.9 Å². The summed E-state index contributed by atoms with van der Waals surface area (Å²) in [6.45, 7) is 2.08. The standard InChI is InChI=1S/C24H28F2N7O6PS/c1-2-38-16-5-3-15(4-6-16)28-10-18(21(27)22-17(25)7-8-20(26)32-22)30-23(34)19-12-41-24(31-19)14-9-29-33(11-14)13-39-40(35,36)37/h7-12,15-16,27-28H,2-6,13H2,1H3,(H,30,34)(H2,35,36,37)/b18-10+,27-21?/t15-,16-. The number of nitrogens with one attached hydrogen (secondary N) is 3. The molecular weight excluding hydrogens is 583 g/mol. The van der Waals surface area contributed by atoms with Crippen LogP contribution in [0.1, 0.15) is 48.8 Å². The maximum absolute atomic E-state index is 14.4. The van der Waals surface area contributed by atoms with Gasteiger partial charge in [0.05, 0.1) is 18.0 Å². The molecule has 1 aliphatic rings. The molecule has 17 heteroatoms. The number of nitrogens with zero attached hydrogens (tertiary/aromatic N) is 4. The number of amides is 1. The van der Waals surface area contributed by atoms with Crippen molar-refractivity contribution in [3.63, 3.8) is 0 Å². The molecule has 0 aromatic carbocycles. The number of pyridine rings is 1. The van der Waals surface area contributed by atoms with E-state index >= 15 is 0 Å². The maximum atomic E-state index is 14.4. The number of aromatic nitrogens is 4. The highest BCUT2D eigenvalue weighted by Gasteiger charge is 2.23. The van der Waals surface area contributed by atoms with Crippen LogP contribution in [-0.2, 0) is 20.6 Å². The third-order valence-corrected chi connectivity index (χ3v) is 7.42. The number of phosphoric ester groups is 1. The Morgan fingerprint density at radius 1 is 1.27 bits per heavy atom. The molecule has 41 heavy (non-hydrogen) atoms. The summed E-state index contributed by atoms with van der Waals surface area (Å²) >= 11 is 1.10. The number of thiazole rings is 1. The second-order valence-electron chi connectivity index (χ2n) is 9.00. The molecule has 1 fully saturated rings. The van der Waals surface area contributed by atoms with E-state index in [1.54, 1.807) is 0 Å². The van der Waals surface area contributed by atoms with Gasteiger partial charge in [0.2, 0.25) is 5.95 Å². The topological polar surface area (TPSA) is 185 Å². The van der Waals surface area contributed by atoms with Gasteiger partial charge < -0.3 is 25.2 Å². The van der Waals surface area contributed by atoms with E-state index in [9.17, 15) is 18.1 Å². The van der Waals surface area contributed by atoms with Gasteiger partial charge in [-0.1, -0.05) is 0 Å². The molecule has 5 N–H and O–H groups in total. The number of carbonyl (C=O) groups excluding carboxylic acids is 1. The van der Waals surface area contributed by atoms with Crippen molar-refractivity contribution in [3.8, 4) is 10.6 Å². The molecule has 1 aliphatic carbocycles. The predicted molar refractivity (Wildman–Crippen MR) is 144 cm³/mol. The van der Waals surface area contributed by atoms with Crippen LogP contribution < -0.4 is 10.6 Å². The lowest BCUT2D eigenvalue weighted by atomic mass is 9.93. The summed E-state index contributed by atoms with van der Waals surface area (Å²) in [7, 11) is -4.68. The van der Waals surface area contributed by atoms with Crippen LogP contribution in [0.25, 0.3) is 10.6 Å². The van der Waals surface area contributed by atoms with E-state index < -0.39 is 43.6 Å². The quantitative estimate of drug-likeness (QED) is 0.116. The van der Waals surface area contributed by atoms with Crippen LogP contribution in [0, 0.1) is 17.2 Å². The van der Waals surface area contributed by atoms with Gasteiger partial charge in [-0.25, -0.2) is 23.6 Å². The van der Waals surface area contributed by atoms with Crippen LogP contribution in [-0.4, -0.2) is 59.9 Å². The second-order valence-corrected chi connectivity index (χ2v) is 11.1. The average molecular weight is 612 g/mol. The first kappa shape index (κ1) is 30.6. The molecule has 4 rings (SSSR count). The number of carbonyl (C=O) groups is 1. The smallest absolute Gasteiger partial charge is 0.386 e. The molecule has 0 radical (unpaired) electrons. The van der Waals surface area contributed by atoms with Gasteiger partial charge in [0.1, 0.15) is 22.1 Å². The van der Waals surface area contributed by atoms with Gasteiger partial charge in [-0.15, -0.1) is 11.3 Å². The largest absolute Gasteiger partial charge is 0.471 e. The molecule has 220 valence electrons. The first-order valence-corrected chi connectivity index (χ1v) is 14.9. The van der Waals surface area contributed by atoms with E-state index in [0.717, 1.165) is 53.8 Å². The third kappa shape index (κ3) is 8.55. The highest BCUT2D eigenvalue weighted by Crippen LogP contribution is 2.36. The van der Waals surface area contributed by atoms with Crippen molar-refractivity contribution < 1.29 is 37.2 Å². The number of hydrogen-bond acceptors (Lipinski definition) is 10. The van der Waals surface area contributed by atoms with Crippen LogP contribution in [0.15, 0.2) is 41.8 Å². The average Bonchev–Trinajstić information content (AvgIpc) is 3.61.